The lowest BCUT2D eigenvalue weighted by molar-refractivity contribution is 0.464. The summed E-state index contributed by atoms with van der Waals surface area (Å²) in [5.41, 5.74) is 0.971. The van der Waals surface area contributed by atoms with Crippen molar-refractivity contribution in [3.8, 4) is 5.75 Å². The second kappa shape index (κ2) is 21.7. The molecule has 3 nitrogen and oxygen atoms in total. The molecule has 1 aromatic carbocycles. The fourth-order valence-corrected chi connectivity index (χ4v) is 2.08. The van der Waals surface area contributed by atoms with E-state index in [4.69, 9.17) is 0 Å². The number of hydrogen-bond acceptors (Lipinski definition) is 3. The molecule has 9 heteroatoms. The molecule has 0 saturated heterocycles. The van der Waals surface area contributed by atoms with Crippen LogP contribution in [0.3, 0.4) is 0 Å². The number of hydrogen-bond donors (Lipinski definition) is 3. The Hall–Kier alpha value is 1.39. The van der Waals surface area contributed by atoms with Crippen LogP contribution in [-0.4, -0.2) is 26.9 Å². The fourth-order valence-electron chi connectivity index (χ4n) is 1.60. The maximum absolute atomic E-state index is 9.43. The third kappa shape index (κ3) is 25.4. The Balaban J connectivity index is 0. The lowest BCUT2D eigenvalue weighted by atomic mass is 10.2. The third-order valence-corrected chi connectivity index (χ3v) is 3.56. The average Bonchev–Trinajstić information content (AvgIpc) is 2.53. The van der Waals surface area contributed by atoms with Gasteiger partial charge in [0.15, 0.2) is 0 Å². The highest BCUT2D eigenvalue weighted by Crippen LogP contribution is 2.14. The van der Waals surface area contributed by atoms with E-state index in [1.165, 1.54) is 25.7 Å². The van der Waals surface area contributed by atoms with Crippen molar-refractivity contribution in [1.82, 2.24) is 10.5 Å². The smallest absolute Gasteiger partial charge is 0.316 e. The molecule has 0 fully saturated rings. The third-order valence-electron chi connectivity index (χ3n) is 2.88. The van der Waals surface area contributed by atoms with E-state index in [0.29, 0.717) is 10.2 Å². The zero-order chi connectivity index (χ0) is 19.5. The molecule has 1 aromatic rings. The summed E-state index contributed by atoms with van der Waals surface area (Å²) in [6.45, 7) is 9.41. The minimum Gasteiger partial charge on any atom is -0.508 e. The van der Waals surface area contributed by atoms with Gasteiger partial charge in [0.05, 0.1) is 0 Å². The number of unbranched alkanes of at least 4 members (excludes halogenated alkanes) is 2. The summed E-state index contributed by atoms with van der Waals surface area (Å²) in [5, 5.41) is 16.0. The summed E-state index contributed by atoms with van der Waals surface area (Å²) in [5.74, 6) is 0.381. The highest BCUT2D eigenvalue weighted by atomic mass is 127. The Kier molecular flexibility index (Phi) is 24.8. The molecule has 0 amide bonds. The van der Waals surface area contributed by atoms with Crippen LogP contribution in [0.4, 0.5) is 0 Å². The number of nitrogens with one attached hydrogen (secondary N) is 2. The zero-order valence-corrected chi connectivity index (χ0v) is 22.4. The largest absolute Gasteiger partial charge is 0.508 e. The first-order valence-corrected chi connectivity index (χ1v) is 12.7. The molecule has 0 radical (unpaired) electrons. The summed E-state index contributed by atoms with van der Waals surface area (Å²) in [4.78, 5) is 0. The second-order valence-corrected chi connectivity index (χ2v) is 13.2. The fraction of sp³-hybridized carbons (Fsp3) is 0.625. The Morgan fingerprint density at radius 3 is 2.04 bits per heavy atom. The van der Waals surface area contributed by atoms with Gasteiger partial charge in [-0.25, -0.2) is 0 Å². The van der Waals surface area contributed by atoms with Crippen molar-refractivity contribution in [1.29, 1.82) is 0 Å². The lowest BCUT2D eigenvalue weighted by Crippen LogP contribution is -2.22. The van der Waals surface area contributed by atoms with Crippen LogP contribution in [0.2, 0.25) is 6.82 Å². The van der Waals surface area contributed by atoms with Gasteiger partial charge in [-0.1, -0.05) is 51.7 Å². The molecule has 25 heavy (non-hydrogen) atoms. The van der Waals surface area contributed by atoms with Gasteiger partial charge in [-0.15, -0.1) is 53.9 Å². The van der Waals surface area contributed by atoms with E-state index in [2.05, 4.69) is 94.2 Å². The van der Waals surface area contributed by atoms with E-state index in [-0.39, 0.29) is 0 Å². The number of phenolic OH excluding ortho intramolecular Hbond substituents is 1. The summed E-state index contributed by atoms with van der Waals surface area (Å²) < 4.78 is 1.26. The summed E-state index contributed by atoms with van der Waals surface area (Å²) in [7, 11) is 5.35. The van der Waals surface area contributed by atoms with Crippen molar-refractivity contribution in [2.24, 2.45) is 0 Å². The number of rotatable bonds is 9. The van der Waals surface area contributed by atoms with Gasteiger partial charge in [0.25, 0.3) is 0 Å². The van der Waals surface area contributed by atoms with Crippen molar-refractivity contribution in [2.75, 3.05) is 13.1 Å². The minimum atomic E-state index is 0.381. The molecule has 0 saturated carbocycles. The van der Waals surface area contributed by atoms with Gasteiger partial charge in [0.2, 0.25) is 4.29 Å². The predicted molar refractivity (Wildman–Crippen MR) is 142 cm³/mol. The van der Waals surface area contributed by atoms with Gasteiger partial charge >= 0.3 is 4.42 Å². The number of aromatic hydroxyl groups is 1. The number of para-hydroxylation sites is 1. The van der Waals surface area contributed by atoms with Gasteiger partial charge in [-0.2, -0.15) is 9.12 Å². The monoisotopic (exact) mass is 608 g/mol. The van der Waals surface area contributed by atoms with E-state index in [0.717, 1.165) is 29.5 Å². The Morgan fingerprint density at radius 2 is 1.56 bits per heavy atom. The van der Waals surface area contributed by atoms with E-state index < -0.39 is 0 Å². The molecule has 3 N–H and O–H groups in total. The van der Waals surface area contributed by atoms with Crippen molar-refractivity contribution in [3.63, 3.8) is 0 Å². The molecule has 1 rings (SSSR count). The van der Waals surface area contributed by atoms with Crippen LogP contribution in [0.1, 0.15) is 45.1 Å². The van der Waals surface area contributed by atoms with Gasteiger partial charge in [0, 0.05) is 12.1 Å². The first-order chi connectivity index (χ1) is 11.8. The van der Waals surface area contributed by atoms with E-state index >= 15 is 0 Å². The van der Waals surface area contributed by atoms with E-state index in [1.54, 1.807) is 6.07 Å². The normalized spacial score (nSPS) is 9.40. The standard InChI is InChI=1S/C11H17NO.C4H12BINP.CH5BIP/c1-2-3-8-12-9-10-6-4-5-7-11(10)13;1-2-3-4-7-5(6)8;1-2(3)4/h4-7,12-13H,2-3,8-9H2,1H3;7H,2-4,8H2,1H3;4H2,1H3. The van der Waals surface area contributed by atoms with E-state index in [9.17, 15) is 5.11 Å². The topological polar surface area (TPSA) is 44.3 Å². The minimum absolute atomic E-state index is 0.381. The summed E-state index contributed by atoms with van der Waals surface area (Å²) >= 11 is 4.64. The Morgan fingerprint density at radius 1 is 1.04 bits per heavy atom. The number of benzene rings is 1. The second-order valence-electron chi connectivity index (χ2n) is 5.55. The SMILES string of the molecule is CB(P)I.CCCCNB(P)I.CCCCNCc1ccccc1O. The van der Waals surface area contributed by atoms with Crippen LogP contribution in [0.25, 0.3) is 0 Å². The molecular formula is C16H34B2I2N2OP2. The number of phenols is 1. The highest BCUT2D eigenvalue weighted by Gasteiger charge is 1.97. The van der Waals surface area contributed by atoms with Crippen molar-refractivity contribution >= 4 is 71.7 Å². The van der Waals surface area contributed by atoms with Crippen LogP contribution in [0.15, 0.2) is 24.3 Å². The van der Waals surface area contributed by atoms with Gasteiger partial charge in [-0.05, 0) is 32.0 Å². The molecule has 0 heterocycles. The van der Waals surface area contributed by atoms with Crippen molar-refractivity contribution in [2.45, 2.75) is 52.9 Å². The lowest BCUT2D eigenvalue weighted by Gasteiger charge is -2.05. The Labute approximate surface area is 187 Å². The van der Waals surface area contributed by atoms with Gasteiger partial charge < -0.3 is 15.7 Å². The predicted octanol–water partition coefficient (Wildman–Crippen LogP) is 5.37. The average molecular weight is 608 g/mol. The van der Waals surface area contributed by atoms with E-state index in [1.807, 2.05) is 18.2 Å². The highest BCUT2D eigenvalue weighted by molar-refractivity contribution is 14.1. The zero-order valence-electron chi connectivity index (χ0n) is 15.8. The van der Waals surface area contributed by atoms with Crippen LogP contribution in [0.5, 0.6) is 5.75 Å². The molecule has 0 aromatic heterocycles. The summed E-state index contributed by atoms with van der Waals surface area (Å²) in [6, 6.07) is 7.44. The molecule has 0 aliphatic rings. The molecule has 0 aliphatic heterocycles. The van der Waals surface area contributed by atoms with Crippen molar-refractivity contribution in [3.05, 3.63) is 29.8 Å². The molecule has 0 bridgehead atoms. The quantitative estimate of drug-likeness (QED) is 0.153. The Bertz CT molecular complexity index is 403. The van der Waals surface area contributed by atoms with Crippen molar-refractivity contribution < 1.29 is 5.11 Å². The molecule has 144 valence electrons. The van der Waals surface area contributed by atoms with Gasteiger partial charge in [-0.3, -0.25) is 0 Å². The molecular weight excluding hydrogens is 574 g/mol. The van der Waals surface area contributed by atoms with Crippen LogP contribution >= 0.6 is 63.0 Å². The molecule has 0 spiro atoms. The first kappa shape index (κ1) is 28.6. The van der Waals surface area contributed by atoms with Crippen LogP contribution < -0.4 is 10.5 Å². The van der Waals surface area contributed by atoms with Crippen LogP contribution in [-0.2, 0) is 6.54 Å². The summed E-state index contributed by atoms with van der Waals surface area (Å²) in [6.07, 6.45) is 4.95. The van der Waals surface area contributed by atoms with Gasteiger partial charge in [0.1, 0.15) is 5.75 Å². The maximum Gasteiger partial charge on any atom is 0.316 e. The maximum atomic E-state index is 9.43. The molecule has 2 atom stereocenters. The van der Waals surface area contributed by atoms with Crippen LogP contribution in [0, 0.1) is 0 Å². The molecule has 2 unspecified atom stereocenters. The number of halogens is 2. The first-order valence-electron chi connectivity index (χ1n) is 8.85. The molecule has 0 aliphatic carbocycles.